The third-order valence-corrected chi connectivity index (χ3v) is 3.19. The van der Waals surface area contributed by atoms with Gasteiger partial charge in [0.05, 0.1) is 4.92 Å². The molecule has 0 aromatic heterocycles. The highest BCUT2D eigenvalue weighted by atomic mass is 16.6. The molecule has 0 aliphatic heterocycles. The number of aryl methyl sites for hydroxylation is 2. The van der Waals surface area contributed by atoms with E-state index in [-0.39, 0.29) is 11.4 Å². The summed E-state index contributed by atoms with van der Waals surface area (Å²) in [6, 6.07) is 8.37. The lowest BCUT2D eigenvalue weighted by Gasteiger charge is -2.12. The Morgan fingerprint density at radius 1 is 1.15 bits per heavy atom. The molecular formula is C15H16N2O3. The van der Waals surface area contributed by atoms with Gasteiger partial charge in [-0.3, -0.25) is 10.1 Å². The number of anilines is 1. The van der Waals surface area contributed by atoms with Crippen LogP contribution in [0.2, 0.25) is 0 Å². The maximum absolute atomic E-state index is 10.7. The molecule has 0 saturated carbocycles. The maximum Gasteiger partial charge on any atom is 0.292 e. The van der Waals surface area contributed by atoms with Crippen LogP contribution in [-0.2, 0) is 0 Å². The summed E-state index contributed by atoms with van der Waals surface area (Å²) < 4.78 is 5.78. The summed E-state index contributed by atoms with van der Waals surface area (Å²) in [5.41, 5.74) is 8.89. The van der Waals surface area contributed by atoms with Crippen LogP contribution in [0.1, 0.15) is 16.7 Å². The number of rotatable bonds is 3. The molecule has 0 bridgehead atoms. The van der Waals surface area contributed by atoms with Crippen molar-refractivity contribution in [2.45, 2.75) is 20.8 Å². The summed E-state index contributed by atoms with van der Waals surface area (Å²) in [4.78, 5) is 10.2. The predicted molar refractivity (Wildman–Crippen MR) is 78.2 cm³/mol. The van der Waals surface area contributed by atoms with Crippen molar-refractivity contribution in [3.8, 4) is 11.5 Å². The zero-order chi connectivity index (χ0) is 14.9. The Morgan fingerprint density at radius 2 is 1.85 bits per heavy atom. The smallest absolute Gasteiger partial charge is 0.292 e. The van der Waals surface area contributed by atoms with E-state index >= 15 is 0 Å². The fraction of sp³-hybridized carbons (Fsp3) is 0.200. The van der Waals surface area contributed by atoms with Gasteiger partial charge in [-0.15, -0.1) is 0 Å². The first-order chi connectivity index (χ1) is 9.38. The molecule has 2 aromatic carbocycles. The Bertz CT molecular complexity index is 681. The number of nitrogens with two attached hydrogens (primary N) is 1. The minimum Gasteiger partial charge on any atom is -0.457 e. The highest BCUT2D eigenvalue weighted by Crippen LogP contribution is 2.32. The first-order valence-electron chi connectivity index (χ1n) is 6.18. The Balaban J connectivity index is 2.36. The van der Waals surface area contributed by atoms with Gasteiger partial charge in [0.15, 0.2) is 0 Å². The van der Waals surface area contributed by atoms with Gasteiger partial charge >= 0.3 is 0 Å². The second kappa shape index (κ2) is 5.21. The average Bonchev–Trinajstić information content (AvgIpc) is 2.35. The summed E-state index contributed by atoms with van der Waals surface area (Å²) in [5.74, 6) is 1.22. The SMILES string of the molecule is Cc1cc(C)c(C)c(Oc2ccc([N+](=O)[O-])c(N)c2)c1. The quantitative estimate of drug-likeness (QED) is 0.522. The molecule has 0 radical (unpaired) electrons. The van der Waals surface area contributed by atoms with Crippen LogP contribution in [0.4, 0.5) is 11.4 Å². The lowest BCUT2D eigenvalue weighted by atomic mass is 10.1. The van der Waals surface area contributed by atoms with Crippen LogP contribution in [0, 0.1) is 30.9 Å². The Labute approximate surface area is 117 Å². The van der Waals surface area contributed by atoms with Gasteiger partial charge in [-0.25, -0.2) is 0 Å². The lowest BCUT2D eigenvalue weighted by molar-refractivity contribution is -0.383. The molecule has 2 N–H and O–H groups in total. The van der Waals surface area contributed by atoms with E-state index in [4.69, 9.17) is 10.5 Å². The van der Waals surface area contributed by atoms with Gasteiger partial charge in [-0.05, 0) is 49.6 Å². The molecule has 0 heterocycles. The summed E-state index contributed by atoms with van der Waals surface area (Å²) >= 11 is 0. The van der Waals surface area contributed by atoms with Crippen molar-refractivity contribution < 1.29 is 9.66 Å². The van der Waals surface area contributed by atoms with Crippen LogP contribution in [0.25, 0.3) is 0 Å². The number of benzene rings is 2. The number of nitro benzene ring substituents is 1. The van der Waals surface area contributed by atoms with Gasteiger partial charge in [0.25, 0.3) is 5.69 Å². The van der Waals surface area contributed by atoms with E-state index in [9.17, 15) is 10.1 Å². The number of ether oxygens (including phenoxy) is 1. The number of hydrogen-bond donors (Lipinski definition) is 1. The average molecular weight is 272 g/mol. The van der Waals surface area contributed by atoms with Crippen molar-refractivity contribution in [3.63, 3.8) is 0 Å². The molecule has 0 aliphatic rings. The van der Waals surface area contributed by atoms with Gasteiger partial charge < -0.3 is 10.5 Å². The molecule has 0 aliphatic carbocycles. The van der Waals surface area contributed by atoms with Crippen LogP contribution in [0.15, 0.2) is 30.3 Å². The fourth-order valence-corrected chi connectivity index (χ4v) is 2.00. The Morgan fingerprint density at radius 3 is 2.45 bits per heavy atom. The molecular weight excluding hydrogens is 256 g/mol. The molecule has 20 heavy (non-hydrogen) atoms. The standard InChI is InChI=1S/C15H16N2O3/c1-9-6-10(2)11(3)15(7-9)20-12-4-5-14(17(18)19)13(16)8-12/h4-8H,16H2,1-3H3. The Hall–Kier alpha value is -2.56. The molecule has 0 atom stereocenters. The fourth-order valence-electron chi connectivity index (χ4n) is 2.00. The number of nitrogen functional groups attached to an aromatic ring is 1. The zero-order valence-corrected chi connectivity index (χ0v) is 11.6. The molecule has 0 saturated heterocycles. The molecule has 2 rings (SSSR count). The van der Waals surface area contributed by atoms with E-state index in [1.807, 2.05) is 26.8 Å². The lowest BCUT2D eigenvalue weighted by Crippen LogP contribution is -1.97. The van der Waals surface area contributed by atoms with Crippen molar-refractivity contribution in [2.24, 2.45) is 0 Å². The van der Waals surface area contributed by atoms with E-state index in [1.165, 1.54) is 12.1 Å². The topological polar surface area (TPSA) is 78.4 Å². The molecule has 0 spiro atoms. The second-order valence-electron chi connectivity index (χ2n) is 4.78. The maximum atomic E-state index is 10.7. The van der Waals surface area contributed by atoms with Crippen molar-refractivity contribution in [2.75, 3.05) is 5.73 Å². The van der Waals surface area contributed by atoms with E-state index in [1.54, 1.807) is 6.07 Å². The third-order valence-electron chi connectivity index (χ3n) is 3.19. The summed E-state index contributed by atoms with van der Waals surface area (Å²) in [7, 11) is 0. The molecule has 5 heteroatoms. The first kappa shape index (κ1) is 13.9. The normalized spacial score (nSPS) is 10.3. The molecule has 2 aromatic rings. The van der Waals surface area contributed by atoms with Gasteiger partial charge in [0, 0.05) is 12.1 Å². The molecule has 0 amide bonds. The van der Waals surface area contributed by atoms with Gasteiger partial charge in [-0.1, -0.05) is 6.07 Å². The Kier molecular flexibility index (Phi) is 3.61. The summed E-state index contributed by atoms with van der Waals surface area (Å²) in [5, 5.41) is 10.7. The molecule has 5 nitrogen and oxygen atoms in total. The summed E-state index contributed by atoms with van der Waals surface area (Å²) in [6.07, 6.45) is 0. The van der Waals surface area contributed by atoms with Crippen molar-refractivity contribution >= 4 is 11.4 Å². The van der Waals surface area contributed by atoms with Crippen LogP contribution < -0.4 is 10.5 Å². The molecule has 104 valence electrons. The highest BCUT2D eigenvalue weighted by molar-refractivity contribution is 5.61. The van der Waals surface area contributed by atoms with Crippen LogP contribution in [0.5, 0.6) is 11.5 Å². The first-order valence-corrected chi connectivity index (χ1v) is 6.18. The molecule has 0 unspecified atom stereocenters. The van der Waals surface area contributed by atoms with Crippen molar-refractivity contribution in [3.05, 3.63) is 57.1 Å². The largest absolute Gasteiger partial charge is 0.457 e. The predicted octanol–water partition coefficient (Wildman–Crippen LogP) is 3.89. The van der Waals surface area contributed by atoms with Crippen molar-refractivity contribution in [1.82, 2.24) is 0 Å². The van der Waals surface area contributed by atoms with E-state index in [0.29, 0.717) is 5.75 Å². The van der Waals surface area contributed by atoms with Crippen LogP contribution in [0.3, 0.4) is 0 Å². The monoisotopic (exact) mass is 272 g/mol. The van der Waals surface area contributed by atoms with Crippen molar-refractivity contribution in [1.29, 1.82) is 0 Å². The van der Waals surface area contributed by atoms with Gasteiger partial charge in [-0.2, -0.15) is 0 Å². The third kappa shape index (κ3) is 2.71. The van der Waals surface area contributed by atoms with E-state index < -0.39 is 4.92 Å². The minimum absolute atomic E-state index is 0.0922. The number of hydrogen-bond acceptors (Lipinski definition) is 4. The van der Waals surface area contributed by atoms with E-state index in [0.717, 1.165) is 22.4 Å². The highest BCUT2D eigenvalue weighted by Gasteiger charge is 2.13. The van der Waals surface area contributed by atoms with Crippen LogP contribution >= 0.6 is 0 Å². The van der Waals surface area contributed by atoms with Gasteiger partial charge in [0.1, 0.15) is 17.2 Å². The minimum atomic E-state index is -0.513. The summed E-state index contributed by atoms with van der Waals surface area (Å²) in [6.45, 7) is 5.97. The number of nitro groups is 1. The zero-order valence-electron chi connectivity index (χ0n) is 11.6. The van der Waals surface area contributed by atoms with Gasteiger partial charge in [0.2, 0.25) is 0 Å². The van der Waals surface area contributed by atoms with Crippen LogP contribution in [-0.4, -0.2) is 4.92 Å². The molecule has 0 fully saturated rings. The second-order valence-corrected chi connectivity index (χ2v) is 4.78. The number of nitrogens with zero attached hydrogens (tertiary/aromatic N) is 1. The van der Waals surface area contributed by atoms with E-state index in [2.05, 4.69) is 6.07 Å².